The van der Waals surface area contributed by atoms with Crippen molar-refractivity contribution in [3.05, 3.63) is 287 Å². The molecule has 5 nitrogen and oxygen atoms in total. The predicted molar refractivity (Wildman–Crippen MR) is 340 cm³/mol. The van der Waals surface area contributed by atoms with Crippen LogP contribution in [0.15, 0.2) is 237 Å². The third kappa shape index (κ3) is 7.70. The molecule has 3 aliphatic rings. The maximum absolute atomic E-state index is 9.75. The number of nitrogens with zero attached hydrogens (tertiary/aromatic N) is 4. The summed E-state index contributed by atoms with van der Waals surface area (Å²) in [5.41, 5.74) is 20.0. The zero-order chi connectivity index (χ0) is 59.9. The van der Waals surface area contributed by atoms with E-state index in [1.807, 2.05) is 65.2 Å². The fourth-order valence-corrected chi connectivity index (χ4v) is 13.5. The second-order valence-corrected chi connectivity index (χ2v) is 24.3. The largest absolute Gasteiger partial charge is 0.457 e. The number of aryl methyl sites for hydroxylation is 1. The van der Waals surface area contributed by atoms with Gasteiger partial charge >= 0.3 is 0 Å². The van der Waals surface area contributed by atoms with Gasteiger partial charge in [0.25, 0.3) is 0 Å². The van der Waals surface area contributed by atoms with Gasteiger partial charge < -0.3 is 14.5 Å². The monoisotopic (exact) mass is 1070 g/mol. The minimum Gasteiger partial charge on any atom is -0.457 e. The number of hydrogen-bond donors (Lipinski definition) is 0. The summed E-state index contributed by atoms with van der Waals surface area (Å²) in [6.07, 6.45) is -0.147. The molecule has 2 aliphatic carbocycles. The minimum absolute atomic E-state index is 0.132. The minimum atomic E-state index is -2.29. The van der Waals surface area contributed by atoms with Crippen molar-refractivity contribution in [2.75, 3.05) is 16.5 Å². The molecule has 0 fully saturated rings. The van der Waals surface area contributed by atoms with E-state index in [0.29, 0.717) is 35.1 Å². The summed E-state index contributed by atoms with van der Waals surface area (Å²) < 4.78 is 52.9. The molecule has 0 radical (unpaired) electrons. The Kier molecular flexibility index (Phi) is 10.0. The van der Waals surface area contributed by atoms with E-state index in [1.54, 1.807) is 18.3 Å². The molecule has 3 heterocycles. The van der Waals surface area contributed by atoms with Crippen LogP contribution in [0.1, 0.15) is 98.5 Å². The van der Waals surface area contributed by atoms with Gasteiger partial charge in [0.05, 0.1) is 33.5 Å². The molecule has 12 aromatic rings. The van der Waals surface area contributed by atoms with E-state index in [0.717, 1.165) is 100 Å². The maximum atomic E-state index is 9.75. The second-order valence-electron chi connectivity index (χ2n) is 24.3. The van der Waals surface area contributed by atoms with E-state index in [4.69, 9.17) is 13.8 Å². The van der Waals surface area contributed by atoms with Gasteiger partial charge in [-0.2, -0.15) is 0 Å². The predicted octanol–water partition coefficient (Wildman–Crippen LogP) is 19.7. The summed E-state index contributed by atoms with van der Waals surface area (Å²) in [5, 5.41) is 2.02. The molecule has 0 atom stereocenters. The first-order valence-corrected chi connectivity index (χ1v) is 28.5. The lowest BCUT2D eigenvalue weighted by atomic mass is 9.61. The van der Waals surface area contributed by atoms with Gasteiger partial charge in [-0.3, -0.25) is 4.57 Å². The lowest BCUT2D eigenvalue weighted by molar-refractivity contribution is 0.483. The molecular weight excluding hydrogens is 997 g/mol. The summed E-state index contributed by atoms with van der Waals surface area (Å²) in [7, 11) is 0. The number of benzene rings is 10. The molecule has 0 bridgehead atoms. The van der Waals surface area contributed by atoms with Crippen LogP contribution in [0.25, 0.3) is 61.0 Å². The molecular formula is C77H64N4O. The smallest absolute Gasteiger partial charge is 0.137 e. The van der Waals surface area contributed by atoms with Crippen LogP contribution in [0.4, 0.5) is 22.7 Å². The molecule has 0 saturated heterocycles. The highest BCUT2D eigenvalue weighted by Gasteiger charge is 2.50. The molecule has 5 heteroatoms. The Morgan fingerprint density at radius 2 is 1.09 bits per heavy atom. The molecule has 0 saturated carbocycles. The number of hydrogen-bond acceptors (Lipinski definition) is 4. The van der Waals surface area contributed by atoms with Crippen LogP contribution >= 0.6 is 0 Å². The summed E-state index contributed by atoms with van der Waals surface area (Å²) in [5.74, 6) is 1.81. The molecule has 82 heavy (non-hydrogen) atoms. The number of para-hydroxylation sites is 4. The molecule has 2 aromatic heterocycles. The fraction of sp³-hybridized carbons (Fsp3) is 0.156. The summed E-state index contributed by atoms with van der Waals surface area (Å²) in [6.45, 7) is 12.0. The number of pyridine rings is 1. The normalized spacial score (nSPS) is 15.7. The van der Waals surface area contributed by atoms with Crippen molar-refractivity contribution in [1.29, 1.82) is 0 Å². The number of rotatable bonds is 7. The second kappa shape index (κ2) is 18.6. The third-order valence-electron chi connectivity index (χ3n) is 17.3. The van der Waals surface area contributed by atoms with Crippen LogP contribution in [0.2, 0.25) is 0 Å². The van der Waals surface area contributed by atoms with Gasteiger partial charge in [-0.05, 0) is 151 Å². The average Bonchev–Trinajstić information content (AvgIpc) is 1.59. The van der Waals surface area contributed by atoms with Crippen molar-refractivity contribution >= 4 is 44.6 Å². The SMILES string of the molecule is [2H]C([2H])([2H])c1ccnc(-n2c3ccccc3c3ccc(Oc4cccc(N5CN(c6c(-c7cc(C(C)(C)C)cc(C(C)(C)C)c7)cccc6-c6cccc7c6-c6ccccc6C76c7ccccc7C([2H])([2H])c7ccccc76)c6ccccc65)c4)cc32)c1. The van der Waals surface area contributed by atoms with Crippen LogP contribution in [-0.2, 0) is 22.6 Å². The average molecular weight is 1070 g/mol. The van der Waals surface area contributed by atoms with E-state index in [-0.39, 0.29) is 16.4 Å². The summed E-state index contributed by atoms with van der Waals surface area (Å²) >= 11 is 0. The Labute approximate surface area is 488 Å². The molecule has 0 amide bonds. The Morgan fingerprint density at radius 1 is 0.488 bits per heavy atom. The van der Waals surface area contributed by atoms with Crippen LogP contribution in [0.3, 0.4) is 0 Å². The zero-order valence-electron chi connectivity index (χ0n) is 51.9. The van der Waals surface area contributed by atoms with Crippen LogP contribution in [-0.4, -0.2) is 16.2 Å². The van der Waals surface area contributed by atoms with Gasteiger partial charge in [0, 0.05) is 52.8 Å². The Balaban J connectivity index is 0.901. The fourth-order valence-electron chi connectivity index (χ4n) is 13.5. The molecule has 0 N–H and O–H groups in total. The van der Waals surface area contributed by atoms with Crippen LogP contribution in [0, 0.1) is 6.85 Å². The lowest BCUT2D eigenvalue weighted by Gasteiger charge is -2.40. The first kappa shape index (κ1) is 44.3. The number of anilines is 4. The van der Waals surface area contributed by atoms with E-state index < -0.39 is 18.6 Å². The van der Waals surface area contributed by atoms with Crippen LogP contribution in [0.5, 0.6) is 11.5 Å². The van der Waals surface area contributed by atoms with Crippen molar-refractivity contribution < 1.29 is 11.6 Å². The quantitative estimate of drug-likeness (QED) is 0.159. The van der Waals surface area contributed by atoms with Gasteiger partial charge in [-0.1, -0.05) is 205 Å². The molecule has 15 rings (SSSR count). The number of aromatic nitrogens is 2. The van der Waals surface area contributed by atoms with Gasteiger partial charge in [0.15, 0.2) is 0 Å². The topological polar surface area (TPSA) is 33.5 Å². The van der Waals surface area contributed by atoms with E-state index >= 15 is 0 Å². The molecule has 1 spiro atoms. The van der Waals surface area contributed by atoms with Crippen molar-refractivity contribution in [1.82, 2.24) is 9.55 Å². The van der Waals surface area contributed by atoms with Crippen LogP contribution < -0.4 is 14.5 Å². The highest BCUT2D eigenvalue weighted by molar-refractivity contribution is 6.10. The lowest BCUT2D eigenvalue weighted by Crippen LogP contribution is -2.34. The Hall–Kier alpha value is -9.45. The van der Waals surface area contributed by atoms with Crippen molar-refractivity contribution in [3.63, 3.8) is 0 Å². The highest BCUT2D eigenvalue weighted by Crippen LogP contribution is 2.62. The molecule has 10 aromatic carbocycles. The van der Waals surface area contributed by atoms with Gasteiger partial charge in [-0.25, -0.2) is 4.98 Å². The van der Waals surface area contributed by atoms with E-state index in [9.17, 15) is 2.74 Å². The highest BCUT2D eigenvalue weighted by atomic mass is 16.5. The van der Waals surface area contributed by atoms with Crippen molar-refractivity contribution in [2.24, 2.45) is 0 Å². The van der Waals surface area contributed by atoms with Gasteiger partial charge in [-0.15, -0.1) is 0 Å². The van der Waals surface area contributed by atoms with Gasteiger partial charge in [0.2, 0.25) is 0 Å². The van der Waals surface area contributed by atoms with Crippen molar-refractivity contribution in [3.8, 4) is 50.7 Å². The first-order chi connectivity index (χ1) is 41.8. The Bertz CT molecular complexity index is 4710. The molecule has 0 unspecified atom stereocenters. The van der Waals surface area contributed by atoms with E-state index in [1.165, 1.54) is 11.1 Å². The van der Waals surface area contributed by atoms with Gasteiger partial charge in [0.1, 0.15) is 24.0 Å². The third-order valence-corrected chi connectivity index (χ3v) is 17.3. The zero-order valence-corrected chi connectivity index (χ0v) is 46.9. The van der Waals surface area contributed by atoms with Crippen molar-refractivity contribution in [2.45, 2.75) is 71.0 Å². The Morgan fingerprint density at radius 3 is 1.84 bits per heavy atom. The maximum Gasteiger partial charge on any atom is 0.137 e. The number of ether oxygens (including phenoxy) is 1. The molecule has 398 valence electrons. The number of fused-ring (bicyclic) bond motifs is 13. The summed E-state index contributed by atoms with van der Waals surface area (Å²) in [6, 6.07) is 80.4. The van der Waals surface area contributed by atoms with E-state index in [2.05, 4.69) is 209 Å². The molecule has 1 aliphatic heterocycles. The summed E-state index contributed by atoms with van der Waals surface area (Å²) in [4.78, 5) is 9.58. The standard InChI is InChI=1S/C77H64N4O/c1-49-39-40-78-72(41-49)81-68-34-15-11-25-59(68)60-38-37-57(47-71(60)81)82-56-24-18-23-55(46-56)79-48-80(70-36-17-16-35-69(70)79)74-58(52-43-53(75(2,3)4)45-54(44-52)76(5,6)7)27-19-29-62(74)61-28-20-33-67-73(61)63-26-10-14-32-66(63)77(67)64-30-12-8-21-50(64)42-51-22-9-13-31-65(51)77/h8-41,43-47H,42,48H2,1-7H3/i1D3,42D2. The first-order valence-electron chi connectivity index (χ1n) is 31.0.